The summed E-state index contributed by atoms with van der Waals surface area (Å²) in [5.74, 6) is 0.379. The van der Waals surface area contributed by atoms with Crippen LogP contribution in [0.1, 0.15) is 92.9 Å². The Kier molecular flexibility index (Phi) is 10.8. The van der Waals surface area contributed by atoms with E-state index in [0.717, 1.165) is 32.1 Å². The molecule has 0 unspecified atom stereocenters. The lowest BCUT2D eigenvalue weighted by Gasteiger charge is -2.46. The maximum Gasteiger partial charge on any atom is 0.313 e. The molecule has 0 N–H and O–H groups in total. The van der Waals surface area contributed by atoms with E-state index in [9.17, 15) is 4.79 Å². The lowest BCUT2D eigenvalue weighted by Crippen LogP contribution is -2.67. The van der Waals surface area contributed by atoms with E-state index in [1.807, 2.05) is 32.9 Å². The number of rotatable bonds is 12. The van der Waals surface area contributed by atoms with Crippen LogP contribution in [0.2, 0.25) is 5.04 Å². The molecule has 0 heterocycles. The molecule has 218 valence electrons. The molecule has 0 radical (unpaired) electrons. The first-order valence-corrected chi connectivity index (χ1v) is 17.0. The predicted octanol–water partition coefficient (Wildman–Crippen LogP) is 8.38. The molecule has 1 saturated carbocycles. The summed E-state index contributed by atoms with van der Waals surface area (Å²) in [5, 5.41) is 2.62. The molecule has 0 spiro atoms. The minimum absolute atomic E-state index is 0.0392. The van der Waals surface area contributed by atoms with Crippen LogP contribution < -0.4 is 10.4 Å². The molecule has 2 atom stereocenters. The van der Waals surface area contributed by atoms with Gasteiger partial charge in [-0.2, -0.15) is 0 Å². The molecule has 0 saturated heterocycles. The minimum atomic E-state index is -2.60. The van der Waals surface area contributed by atoms with Gasteiger partial charge in [0.05, 0.1) is 5.41 Å². The molecular formula is C36H52O3Si. The zero-order valence-electron chi connectivity index (χ0n) is 25.9. The molecule has 1 fully saturated rings. The van der Waals surface area contributed by atoms with Crippen molar-refractivity contribution < 1.29 is 14.0 Å². The molecular weight excluding hydrogens is 508 g/mol. The van der Waals surface area contributed by atoms with Crippen molar-refractivity contribution in [3.63, 3.8) is 0 Å². The summed E-state index contributed by atoms with van der Waals surface area (Å²) < 4.78 is 13.4. The van der Waals surface area contributed by atoms with Crippen LogP contribution in [0.3, 0.4) is 0 Å². The van der Waals surface area contributed by atoms with Crippen LogP contribution in [0.4, 0.5) is 0 Å². The first-order chi connectivity index (χ1) is 18.9. The van der Waals surface area contributed by atoms with Gasteiger partial charge in [0.1, 0.15) is 5.60 Å². The Labute approximate surface area is 245 Å². The van der Waals surface area contributed by atoms with Gasteiger partial charge in [0.25, 0.3) is 8.32 Å². The van der Waals surface area contributed by atoms with E-state index >= 15 is 0 Å². The van der Waals surface area contributed by atoms with Crippen LogP contribution in [0, 0.1) is 11.3 Å². The Balaban J connectivity index is 1.87. The largest absolute Gasteiger partial charge is 0.460 e. The van der Waals surface area contributed by atoms with Gasteiger partial charge in [0.15, 0.2) is 0 Å². The second kappa shape index (κ2) is 13.5. The maximum absolute atomic E-state index is 13.5. The molecule has 3 nitrogen and oxygen atoms in total. The summed E-state index contributed by atoms with van der Waals surface area (Å²) in [6.07, 6.45) is 11.3. The van der Waals surface area contributed by atoms with E-state index in [1.165, 1.54) is 16.8 Å². The highest BCUT2D eigenvalue weighted by Gasteiger charge is 2.51. The fourth-order valence-electron chi connectivity index (χ4n) is 6.53. The molecule has 3 rings (SSSR count). The average Bonchev–Trinajstić information content (AvgIpc) is 2.90. The van der Waals surface area contributed by atoms with Crippen molar-refractivity contribution >= 4 is 24.7 Å². The number of carbonyl (C=O) groups is 1. The van der Waals surface area contributed by atoms with Gasteiger partial charge in [-0.05, 0) is 80.6 Å². The molecule has 2 aromatic carbocycles. The fraction of sp³-hybridized carbons (Fsp3) is 0.528. The maximum atomic E-state index is 13.5. The van der Waals surface area contributed by atoms with E-state index in [1.54, 1.807) is 0 Å². The van der Waals surface area contributed by atoms with Crippen molar-refractivity contribution in [2.45, 2.75) is 110 Å². The molecule has 0 aromatic heterocycles. The van der Waals surface area contributed by atoms with Crippen LogP contribution in [0.5, 0.6) is 0 Å². The van der Waals surface area contributed by atoms with Crippen LogP contribution >= 0.6 is 0 Å². The van der Waals surface area contributed by atoms with Crippen molar-refractivity contribution in [3.8, 4) is 0 Å². The monoisotopic (exact) mass is 560 g/mol. The third kappa shape index (κ3) is 7.64. The van der Waals surface area contributed by atoms with Gasteiger partial charge in [0, 0.05) is 6.10 Å². The molecule has 2 aromatic rings. The van der Waals surface area contributed by atoms with Gasteiger partial charge < -0.3 is 9.16 Å². The molecule has 1 aliphatic rings. The van der Waals surface area contributed by atoms with E-state index in [2.05, 4.69) is 94.6 Å². The highest BCUT2D eigenvalue weighted by atomic mass is 28.4. The average molecular weight is 561 g/mol. The van der Waals surface area contributed by atoms with Crippen molar-refractivity contribution in [3.05, 3.63) is 86.0 Å². The molecule has 0 aliphatic heterocycles. The van der Waals surface area contributed by atoms with Gasteiger partial charge in [-0.3, -0.25) is 4.79 Å². The van der Waals surface area contributed by atoms with Gasteiger partial charge in [-0.25, -0.2) is 0 Å². The number of allylic oxidation sites excluding steroid dienone is 2. The summed E-state index contributed by atoms with van der Waals surface area (Å²) in [6.45, 7) is 20.8. The fourth-order valence-corrected chi connectivity index (χ4v) is 11.3. The number of esters is 1. The molecule has 0 bridgehead atoms. The van der Waals surface area contributed by atoms with E-state index < -0.39 is 19.3 Å². The zero-order valence-corrected chi connectivity index (χ0v) is 26.9. The highest BCUT2D eigenvalue weighted by molar-refractivity contribution is 6.99. The van der Waals surface area contributed by atoms with Gasteiger partial charge in [0.2, 0.25) is 0 Å². The Bertz CT molecular complexity index is 1040. The van der Waals surface area contributed by atoms with E-state index in [0.29, 0.717) is 18.8 Å². The molecule has 1 aliphatic carbocycles. The molecule has 0 amide bonds. The lowest BCUT2D eigenvalue weighted by molar-refractivity contribution is -0.168. The van der Waals surface area contributed by atoms with Crippen molar-refractivity contribution in [1.82, 2.24) is 0 Å². The Morgan fingerprint density at radius 3 is 1.85 bits per heavy atom. The molecule has 40 heavy (non-hydrogen) atoms. The summed E-state index contributed by atoms with van der Waals surface area (Å²) in [7, 11) is -2.60. The summed E-state index contributed by atoms with van der Waals surface area (Å²) >= 11 is 0. The highest BCUT2D eigenvalue weighted by Crippen LogP contribution is 2.43. The Morgan fingerprint density at radius 2 is 1.40 bits per heavy atom. The second-order valence-electron chi connectivity index (χ2n) is 13.7. The van der Waals surface area contributed by atoms with Crippen molar-refractivity contribution in [1.29, 1.82) is 0 Å². The van der Waals surface area contributed by atoms with Gasteiger partial charge in [-0.1, -0.05) is 106 Å². The van der Waals surface area contributed by atoms with Crippen LogP contribution in [0.15, 0.2) is 86.0 Å². The first kappa shape index (κ1) is 32.1. The predicted molar refractivity (Wildman–Crippen MR) is 172 cm³/mol. The third-order valence-electron chi connectivity index (χ3n) is 8.43. The van der Waals surface area contributed by atoms with Crippen LogP contribution in [-0.4, -0.2) is 26.0 Å². The van der Waals surface area contributed by atoms with E-state index in [4.69, 9.17) is 9.16 Å². The Hall–Kier alpha value is -2.43. The zero-order chi connectivity index (χ0) is 29.4. The van der Waals surface area contributed by atoms with Gasteiger partial charge >= 0.3 is 5.97 Å². The third-order valence-corrected chi connectivity index (χ3v) is 13.5. The molecule has 4 heteroatoms. The summed E-state index contributed by atoms with van der Waals surface area (Å²) in [5.41, 5.74) is -1.13. The number of hydrogen-bond acceptors (Lipinski definition) is 3. The normalized spacial score (nSPS) is 18.6. The SMILES string of the molecule is C=CCC(CC=C)(CC[C@@H]1CCC[C@H](O[Si](c2ccccc2)(c2ccccc2)C(C)(C)C)C1)C(=O)OC(C)(C)C. The van der Waals surface area contributed by atoms with Crippen LogP contribution in [0.25, 0.3) is 0 Å². The quantitative estimate of drug-likeness (QED) is 0.149. The van der Waals surface area contributed by atoms with Crippen LogP contribution in [-0.2, 0) is 14.0 Å². The number of carbonyl (C=O) groups excluding carboxylic acids is 1. The first-order valence-electron chi connectivity index (χ1n) is 15.1. The second-order valence-corrected chi connectivity index (χ2v) is 18.0. The minimum Gasteiger partial charge on any atom is -0.460 e. The Morgan fingerprint density at radius 1 is 0.875 bits per heavy atom. The smallest absolute Gasteiger partial charge is 0.313 e. The number of ether oxygens (including phenoxy) is 1. The topological polar surface area (TPSA) is 35.5 Å². The summed E-state index contributed by atoms with van der Waals surface area (Å²) in [6, 6.07) is 21.8. The van der Waals surface area contributed by atoms with E-state index in [-0.39, 0.29) is 17.1 Å². The van der Waals surface area contributed by atoms with Crippen molar-refractivity contribution in [2.75, 3.05) is 0 Å². The van der Waals surface area contributed by atoms with Crippen molar-refractivity contribution in [2.24, 2.45) is 11.3 Å². The number of hydrogen-bond donors (Lipinski definition) is 0. The lowest BCUT2D eigenvalue weighted by atomic mass is 9.73. The van der Waals surface area contributed by atoms with Gasteiger partial charge in [-0.15, -0.1) is 13.2 Å². The standard InChI is InChI=1S/C36H52O3Si/c1-9-25-36(26-10-2,33(37)38-34(3,4)5)27-24-29-18-17-19-30(28-29)39-40(35(6,7)8,31-20-13-11-14-21-31)32-22-15-12-16-23-32/h9-16,20-23,29-30H,1-2,17-19,24-28H2,3-8H3/t29-,30-/m0/s1. The number of benzene rings is 2. The summed E-state index contributed by atoms with van der Waals surface area (Å²) in [4.78, 5) is 13.5.